The molecule has 10 heteroatoms. The van der Waals surface area contributed by atoms with Gasteiger partial charge in [-0.05, 0) is 73.2 Å². The molecule has 0 saturated carbocycles. The van der Waals surface area contributed by atoms with Gasteiger partial charge in [0, 0.05) is 28.1 Å². The zero-order valence-corrected chi connectivity index (χ0v) is 20.7. The Kier molecular flexibility index (Phi) is 8.05. The van der Waals surface area contributed by atoms with Crippen molar-refractivity contribution >= 4 is 39.8 Å². The van der Waals surface area contributed by atoms with Crippen LogP contribution in [0.15, 0.2) is 87.8 Å². The number of hydrogen-bond acceptors (Lipinski definition) is 7. The second-order valence-corrected chi connectivity index (χ2v) is 8.80. The predicted molar refractivity (Wildman–Crippen MR) is 136 cm³/mol. The summed E-state index contributed by atoms with van der Waals surface area (Å²) in [6, 6.07) is 19.0. The fourth-order valence-corrected chi connectivity index (χ4v) is 4.04. The fraction of sp³-hybridized carbons (Fsp3) is 0.125. The summed E-state index contributed by atoms with van der Waals surface area (Å²) in [5.74, 6) is 1.34. The van der Waals surface area contributed by atoms with E-state index in [0.717, 1.165) is 27.0 Å². The minimum Gasteiger partial charge on any atom is -0.494 e. The third-order valence-corrected chi connectivity index (χ3v) is 6.04. The summed E-state index contributed by atoms with van der Waals surface area (Å²) in [4.78, 5) is 16.5. The number of pyridine rings is 1. The maximum Gasteiger partial charge on any atom is 0.250 e. The number of ether oxygens (including phenoxy) is 1. The van der Waals surface area contributed by atoms with Gasteiger partial charge in [0.1, 0.15) is 5.75 Å². The average molecular weight is 537 g/mol. The maximum atomic E-state index is 12.4. The molecular formula is C24H21BrN6O2S. The predicted octanol–water partition coefficient (Wildman–Crippen LogP) is 4.73. The molecule has 4 rings (SSSR count). The van der Waals surface area contributed by atoms with Crippen molar-refractivity contribution in [1.82, 2.24) is 25.2 Å². The third-order valence-electron chi connectivity index (χ3n) is 4.58. The first kappa shape index (κ1) is 23.7. The van der Waals surface area contributed by atoms with Gasteiger partial charge < -0.3 is 4.74 Å². The van der Waals surface area contributed by atoms with E-state index in [1.54, 1.807) is 18.6 Å². The lowest BCUT2D eigenvalue weighted by Gasteiger charge is -2.10. The summed E-state index contributed by atoms with van der Waals surface area (Å²) in [5, 5.41) is 13.3. The molecule has 0 aliphatic carbocycles. The van der Waals surface area contributed by atoms with Gasteiger partial charge in [-0.15, -0.1) is 10.2 Å². The number of hydrogen-bond donors (Lipinski definition) is 1. The Labute approximate surface area is 209 Å². The van der Waals surface area contributed by atoms with Gasteiger partial charge in [-0.2, -0.15) is 5.10 Å². The van der Waals surface area contributed by atoms with E-state index in [9.17, 15) is 4.79 Å². The van der Waals surface area contributed by atoms with Gasteiger partial charge in [0.05, 0.1) is 18.6 Å². The maximum absolute atomic E-state index is 12.4. The zero-order valence-electron chi connectivity index (χ0n) is 18.3. The van der Waals surface area contributed by atoms with Crippen LogP contribution in [0.25, 0.3) is 17.1 Å². The summed E-state index contributed by atoms with van der Waals surface area (Å²) in [5.41, 5.74) is 5.17. The molecule has 0 saturated heterocycles. The fourth-order valence-electron chi connectivity index (χ4n) is 3.03. The largest absolute Gasteiger partial charge is 0.494 e. The molecule has 0 spiro atoms. The van der Waals surface area contributed by atoms with Crippen molar-refractivity contribution < 1.29 is 9.53 Å². The monoisotopic (exact) mass is 536 g/mol. The number of nitrogens with one attached hydrogen (secondary N) is 1. The summed E-state index contributed by atoms with van der Waals surface area (Å²) in [6.07, 6.45) is 5.00. The van der Waals surface area contributed by atoms with E-state index in [1.807, 2.05) is 72.2 Å². The van der Waals surface area contributed by atoms with Crippen molar-refractivity contribution in [1.29, 1.82) is 0 Å². The summed E-state index contributed by atoms with van der Waals surface area (Å²) >= 11 is 4.75. The summed E-state index contributed by atoms with van der Waals surface area (Å²) < 4.78 is 8.31. The van der Waals surface area contributed by atoms with Crippen molar-refractivity contribution in [2.24, 2.45) is 5.10 Å². The molecule has 172 valence electrons. The number of benzene rings is 2. The van der Waals surface area contributed by atoms with Gasteiger partial charge in [-0.1, -0.05) is 27.7 Å². The number of carbonyl (C=O) groups is 1. The molecule has 0 radical (unpaired) electrons. The number of rotatable bonds is 9. The number of carbonyl (C=O) groups excluding carboxylic acids is 1. The van der Waals surface area contributed by atoms with Crippen molar-refractivity contribution in [2.75, 3.05) is 12.4 Å². The Morgan fingerprint density at radius 3 is 2.53 bits per heavy atom. The molecule has 4 aromatic rings. The Bertz CT molecular complexity index is 1260. The standard InChI is InChI=1S/C24H21BrN6O2S/c1-2-33-21-9-3-17(4-10-21)15-27-28-22(32)16-34-24-30-29-23(18-11-13-26-14-12-18)31(24)20-7-5-19(25)6-8-20/h3-15H,2,16H2,1H3,(H,28,32). The molecular weight excluding hydrogens is 516 g/mol. The Morgan fingerprint density at radius 1 is 1.09 bits per heavy atom. The van der Waals surface area contributed by atoms with Gasteiger partial charge in [0.2, 0.25) is 0 Å². The molecule has 0 bridgehead atoms. The lowest BCUT2D eigenvalue weighted by Crippen LogP contribution is -2.20. The second-order valence-electron chi connectivity index (χ2n) is 6.94. The average Bonchev–Trinajstić information content (AvgIpc) is 3.29. The van der Waals surface area contributed by atoms with Crippen LogP contribution in [0.1, 0.15) is 12.5 Å². The highest BCUT2D eigenvalue weighted by atomic mass is 79.9. The van der Waals surface area contributed by atoms with E-state index >= 15 is 0 Å². The number of thioether (sulfide) groups is 1. The van der Waals surface area contributed by atoms with Crippen molar-refractivity contribution in [3.63, 3.8) is 0 Å². The lowest BCUT2D eigenvalue weighted by atomic mass is 10.2. The normalized spacial score (nSPS) is 11.0. The first-order valence-electron chi connectivity index (χ1n) is 10.4. The molecule has 0 atom stereocenters. The lowest BCUT2D eigenvalue weighted by molar-refractivity contribution is -0.118. The van der Waals surface area contributed by atoms with Crippen molar-refractivity contribution in [3.05, 3.63) is 83.1 Å². The van der Waals surface area contributed by atoms with Gasteiger partial charge in [-0.3, -0.25) is 14.3 Å². The molecule has 1 amide bonds. The van der Waals surface area contributed by atoms with Crippen LogP contribution in [0.3, 0.4) is 0 Å². The first-order valence-corrected chi connectivity index (χ1v) is 12.2. The van der Waals surface area contributed by atoms with Crippen LogP contribution in [0.2, 0.25) is 0 Å². The van der Waals surface area contributed by atoms with Crippen molar-refractivity contribution in [3.8, 4) is 22.8 Å². The topological polar surface area (TPSA) is 94.3 Å². The molecule has 8 nitrogen and oxygen atoms in total. The number of nitrogens with zero attached hydrogens (tertiary/aromatic N) is 5. The van der Waals surface area contributed by atoms with E-state index < -0.39 is 0 Å². The highest BCUT2D eigenvalue weighted by Crippen LogP contribution is 2.28. The smallest absolute Gasteiger partial charge is 0.250 e. The Balaban J connectivity index is 1.44. The van der Waals surface area contributed by atoms with Crippen LogP contribution in [-0.2, 0) is 4.79 Å². The van der Waals surface area contributed by atoms with E-state index in [-0.39, 0.29) is 11.7 Å². The molecule has 2 heterocycles. The van der Waals surface area contributed by atoms with E-state index in [1.165, 1.54) is 11.8 Å². The molecule has 2 aromatic carbocycles. The molecule has 2 aromatic heterocycles. The molecule has 34 heavy (non-hydrogen) atoms. The van der Waals surface area contributed by atoms with E-state index in [0.29, 0.717) is 17.6 Å². The number of aromatic nitrogens is 4. The molecule has 0 aliphatic heterocycles. The second kappa shape index (κ2) is 11.6. The Morgan fingerprint density at radius 2 is 1.82 bits per heavy atom. The van der Waals surface area contributed by atoms with Gasteiger partial charge in [0.15, 0.2) is 11.0 Å². The van der Waals surface area contributed by atoms with Crippen LogP contribution in [0.5, 0.6) is 5.75 Å². The van der Waals surface area contributed by atoms with Crippen LogP contribution >= 0.6 is 27.7 Å². The quantitative estimate of drug-likeness (QED) is 0.189. The molecule has 0 fully saturated rings. The Hall–Kier alpha value is -3.50. The molecule has 1 N–H and O–H groups in total. The highest BCUT2D eigenvalue weighted by molar-refractivity contribution is 9.10. The summed E-state index contributed by atoms with van der Waals surface area (Å²) in [7, 11) is 0. The van der Waals surface area contributed by atoms with Gasteiger partial charge >= 0.3 is 0 Å². The van der Waals surface area contributed by atoms with Crippen LogP contribution < -0.4 is 10.2 Å². The number of amides is 1. The van der Waals surface area contributed by atoms with Crippen molar-refractivity contribution in [2.45, 2.75) is 12.1 Å². The van der Waals surface area contributed by atoms with Gasteiger partial charge in [0.25, 0.3) is 5.91 Å². The van der Waals surface area contributed by atoms with Crippen LogP contribution in [-0.4, -0.2) is 44.2 Å². The number of hydrazone groups is 1. The van der Waals surface area contributed by atoms with E-state index in [2.05, 4.69) is 41.6 Å². The molecule has 0 unspecified atom stereocenters. The van der Waals surface area contributed by atoms with Gasteiger partial charge in [-0.25, -0.2) is 5.43 Å². The third kappa shape index (κ3) is 6.09. The highest BCUT2D eigenvalue weighted by Gasteiger charge is 2.17. The number of halogens is 1. The minimum absolute atomic E-state index is 0.131. The molecule has 0 aliphatic rings. The van der Waals surface area contributed by atoms with Crippen LogP contribution in [0.4, 0.5) is 0 Å². The minimum atomic E-state index is -0.247. The zero-order chi connectivity index (χ0) is 23.8. The first-order chi connectivity index (χ1) is 16.6. The van der Waals surface area contributed by atoms with Crippen LogP contribution in [0, 0.1) is 0 Å². The SMILES string of the molecule is CCOc1ccc(C=NNC(=O)CSc2nnc(-c3ccncc3)n2-c2ccc(Br)cc2)cc1. The van der Waals surface area contributed by atoms with E-state index in [4.69, 9.17) is 4.74 Å². The summed E-state index contributed by atoms with van der Waals surface area (Å²) in [6.45, 7) is 2.55.